The van der Waals surface area contributed by atoms with Crippen LogP contribution in [0.4, 0.5) is 11.4 Å². The van der Waals surface area contributed by atoms with Crippen molar-refractivity contribution in [2.75, 3.05) is 42.9 Å². The monoisotopic (exact) mass is 418 g/mol. The number of hydrogen-bond acceptors (Lipinski definition) is 3. The lowest BCUT2D eigenvalue weighted by Gasteiger charge is -2.33. The second-order valence-electron chi connectivity index (χ2n) is 7.57. The van der Waals surface area contributed by atoms with Crippen LogP contribution in [-0.2, 0) is 10.5 Å². The fourth-order valence-electron chi connectivity index (χ4n) is 3.75. The highest BCUT2D eigenvalue weighted by atomic mass is 32.2. The van der Waals surface area contributed by atoms with Crippen LogP contribution in [-0.4, -0.2) is 38.6 Å². The molecule has 1 aliphatic heterocycles. The molecule has 0 saturated carbocycles. The van der Waals surface area contributed by atoms with E-state index in [1.807, 2.05) is 30.3 Å². The molecule has 1 saturated heterocycles. The normalized spacial score (nSPS) is 14.5. The number of anilines is 2. The van der Waals surface area contributed by atoms with Gasteiger partial charge in [-0.1, -0.05) is 60.7 Å². The molecule has 30 heavy (non-hydrogen) atoms. The van der Waals surface area contributed by atoms with Crippen molar-refractivity contribution in [2.45, 2.75) is 10.6 Å². The summed E-state index contributed by atoms with van der Waals surface area (Å²) in [6.45, 7) is 4.44. The topological polar surface area (TPSA) is 36.8 Å². The van der Waals surface area contributed by atoms with E-state index >= 15 is 0 Å². The molecule has 1 aliphatic rings. The maximum Gasteiger partial charge on any atom is 0.279 e. The first-order chi connectivity index (χ1) is 14.8. The second-order valence-corrected chi connectivity index (χ2v) is 8.59. The largest absolute Gasteiger partial charge is 0.360 e. The van der Waals surface area contributed by atoms with Crippen LogP contribution >= 0.6 is 11.8 Å². The summed E-state index contributed by atoms with van der Waals surface area (Å²) in [5.74, 6) is 0.978. The number of quaternary nitrogens is 1. The van der Waals surface area contributed by atoms with Gasteiger partial charge in [0.2, 0.25) is 0 Å². The molecule has 3 aromatic carbocycles. The molecule has 0 spiro atoms. The first kappa shape index (κ1) is 20.5. The van der Waals surface area contributed by atoms with Gasteiger partial charge in [-0.2, -0.15) is 0 Å². The fraction of sp³-hybridized carbons (Fsp3) is 0.240. The first-order valence-electron chi connectivity index (χ1n) is 10.5. The molecular weight excluding hydrogens is 390 g/mol. The molecule has 1 amide bonds. The number of nitrogens with one attached hydrogen (secondary N) is 2. The summed E-state index contributed by atoms with van der Waals surface area (Å²) in [5.41, 5.74) is 3.46. The Morgan fingerprint density at radius 3 is 2.23 bits per heavy atom. The predicted octanol–water partition coefficient (Wildman–Crippen LogP) is 3.32. The SMILES string of the molecule is O=C(C[NH+]1CCN(c2ccccc2)CC1)Nc1ccccc1SCc1ccccc1. The minimum absolute atomic E-state index is 0.0888. The van der Waals surface area contributed by atoms with Gasteiger partial charge in [0.05, 0.1) is 31.9 Å². The third-order valence-corrected chi connectivity index (χ3v) is 6.55. The average Bonchev–Trinajstić information content (AvgIpc) is 2.80. The summed E-state index contributed by atoms with van der Waals surface area (Å²) >= 11 is 1.76. The summed E-state index contributed by atoms with van der Waals surface area (Å²) in [4.78, 5) is 17.6. The van der Waals surface area contributed by atoms with E-state index in [-0.39, 0.29) is 5.91 Å². The van der Waals surface area contributed by atoms with E-state index in [9.17, 15) is 4.79 Å². The molecule has 5 heteroatoms. The summed E-state index contributed by atoms with van der Waals surface area (Å²) < 4.78 is 0. The Hall–Kier alpha value is -2.76. The zero-order valence-electron chi connectivity index (χ0n) is 17.1. The molecule has 1 fully saturated rings. The molecule has 0 atom stereocenters. The number of hydrogen-bond donors (Lipinski definition) is 2. The van der Waals surface area contributed by atoms with Crippen LogP contribution in [0, 0.1) is 0 Å². The molecule has 154 valence electrons. The number of piperazine rings is 1. The van der Waals surface area contributed by atoms with Crippen LogP contribution in [0.3, 0.4) is 0 Å². The Labute approximate surface area is 182 Å². The predicted molar refractivity (Wildman–Crippen MR) is 125 cm³/mol. The number of amides is 1. The Morgan fingerprint density at radius 1 is 0.867 bits per heavy atom. The number of carbonyl (C=O) groups excluding carboxylic acids is 1. The quantitative estimate of drug-likeness (QED) is 0.578. The Kier molecular flexibility index (Phi) is 7.06. The zero-order valence-corrected chi connectivity index (χ0v) is 17.9. The van der Waals surface area contributed by atoms with Crippen molar-refractivity contribution in [2.24, 2.45) is 0 Å². The molecular formula is C25H28N3OS+. The molecule has 0 unspecified atom stereocenters. The van der Waals surface area contributed by atoms with Crippen LogP contribution in [0.2, 0.25) is 0 Å². The molecule has 4 nitrogen and oxygen atoms in total. The van der Waals surface area contributed by atoms with Gasteiger partial charge >= 0.3 is 0 Å². The van der Waals surface area contributed by atoms with Gasteiger partial charge in [-0.05, 0) is 29.8 Å². The molecule has 3 aromatic rings. The van der Waals surface area contributed by atoms with E-state index in [2.05, 4.69) is 64.8 Å². The zero-order chi connectivity index (χ0) is 20.6. The molecule has 0 aliphatic carbocycles. The van der Waals surface area contributed by atoms with Gasteiger partial charge in [0, 0.05) is 16.3 Å². The van der Waals surface area contributed by atoms with E-state index in [4.69, 9.17) is 0 Å². The number of nitrogens with zero attached hydrogens (tertiary/aromatic N) is 1. The van der Waals surface area contributed by atoms with Gasteiger partial charge in [0.25, 0.3) is 5.91 Å². The maximum atomic E-state index is 12.7. The van der Waals surface area contributed by atoms with Crippen molar-refractivity contribution in [3.8, 4) is 0 Å². The summed E-state index contributed by atoms with van der Waals surface area (Å²) in [6, 6.07) is 29.0. The van der Waals surface area contributed by atoms with Gasteiger partial charge in [-0.3, -0.25) is 4.79 Å². The lowest BCUT2D eigenvalue weighted by atomic mass is 10.2. The number of benzene rings is 3. The highest BCUT2D eigenvalue weighted by Gasteiger charge is 2.22. The van der Waals surface area contributed by atoms with Gasteiger partial charge in [-0.25, -0.2) is 0 Å². The third kappa shape index (κ3) is 5.65. The summed E-state index contributed by atoms with van der Waals surface area (Å²) in [6.07, 6.45) is 0. The summed E-state index contributed by atoms with van der Waals surface area (Å²) in [5, 5.41) is 3.14. The number of rotatable bonds is 7. The Bertz CT molecular complexity index is 941. The minimum Gasteiger partial charge on any atom is -0.360 e. The van der Waals surface area contributed by atoms with E-state index in [0.717, 1.165) is 42.5 Å². The number of carbonyl (C=O) groups is 1. The van der Waals surface area contributed by atoms with E-state index in [1.165, 1.54) is 16.2 Å². The second kappa shape index (κ2) is 10.3. The Balaban J connectivity index is 1.28. The highest BCUT2D eigenvalue weighted by Crippen LogP contribution is 2.29. The molecule has 2 N–H and O–H groups in total. The standard InChI is InChI=1S/C25H27N3OS/c29-25(19-27-15-17-28(18-16-27)22-11-5-2-6-12-22)26-23-13-7-8-14-24(23)30-20-21-9-3-1-4-10-21/h1-14H,15-20H2,(H,26,29)/p+1. The van der Waals surface area contributed by atoms with Crippen LogP contribution < -0.4 is 15.1 Å². The van der Waals surface area contributed by atoms with Crippen LogP contribution in [0.15, 0.2) is 89.8 Å². The maximum absolute atomic E-state index is 12.7. The van der Waals surface area contributed by atoms with Gasteiger partial charge in [0.15, 0.2) is 6.54 Å². The lowest BCUT2D eigenvalue weighted by molar-refractivity contribution is -0.892. The average molecular weight is 419 g/mol. The van der Waals surface area contributed by atoms with Crippen molar-refractivity contribution < 1.29 is 9.69 Å². The third-order valence-electron chi connectivity index (χ3n) is 5.40. The van der Waals surface area contributed by atoms with Crippen molar-refractivity contribution in [1.29, 1.82) is 0 Å². The van der Waals surface area contributed by atoms with Crippen LogP contribution in [0.5, 0.6) is 0 Å². The van der Waals surface area contributed by atoms with Crippen molar-refractivity contribution >= 4 is 29.0 Å². The lowest BCUT2D eigenvalue weighted by Crippen LogP contribution is -3.15. The molecule has 4 rings (SSSR count). The minimum atomic E-state index is 0.0888. The highest BCUT2D eigenvalue weighted by molar-refractivity contribution is 7.98. The Morgan fingerprint density at radius 2 is 1.50 bits per heavy atom. The molecule has 0 bridgehead atoms. The molecule has 0 radical (unpaired) electrons. The van der Waals surface area contributed by atoms with Crippen molar-refractivity contribution in [3.63, 3.8) is 0 Å². The van der Waals surface area contributed by atoms with Gasteiger partial charge in [-0.15, -0.1) is 11.8 Å². The van der Waals surface area contributed by atoms with E-state index in [1.54, 1.807) is 11.8 Å². The first-order valence-corrected chi connectivity index (χ1v) is 11.5. The fourth-order valence-corrected chi connectivity index (χ4v) is 4.71. The van der Waals surface area contributed by atoms with E-state index < -0.39 is 0 Å². The smallest absolute Gasteiger partial charge is 0.279 e. The van der Waals surface area contributed by atoms with Gasteiger partial charge < -0.3 is 15.1 Å². The van der Waals surface area contributed by atoms with E-state index in [0.29, 0.717) is 6.54 Å². The number of thioether (sulfide) groups is 1. The number of para-hydroxylation sites is 2. The van der Waals surface area contributed by atoms with Gasteiger partial charge in [0.1, 0.15) is 0 Å². The van der Waals surface area contributed by atoms with Crippen molar-refractivity contribution in [1.82, 2.24) is 0 Å². The molecule has 0 aromatic heterocycles. The van der Waals surface area contributed by atoms with Crippen LogP contribution in [0.1, 0.15) is 5.56 Å². The summed E-state index contributed by atoms with van der Waals surface area (Å²) in [7, 11) is 0. The van der Waals surface area contributed by atoms with Crippen LogP contribution in [0.25, 0.3) is 0 Å². The molecule has 1 heterocycles. The van der Waals surface area contributed by atoms with Crippen molar-refractivity contribution in [3.05, 3.63) is 90.5 Å².